The van der Waals surface area contributed by atoms with Gasteiger partial charge in [0, 0.05) is 14.9 Å². The summed E-state index contributed by atoms with van der Waals surface area (Å²) in [6, 6.07) is 13.9. The Bertz CT molecular complexity index is 608. The molecule has 0 aliphatic heterocycles. The van der Waals surface area contributed by atoms with Crippen LogP contribution in [0.2, 0.25) is 0 Å². The van der Waals surface area contributed by atoms with E-state index in [4.69, 9.17) is 0 Å². The number of nitrogens with one attached hydrogen (secondary N) is 2. The van der Waals surface area contributed by atoms with Gasteiger partial charge in [-0.1, -0.05) is 6.07 Å². The van der Waals surface area contributed by atoms with E-state index in [0.29, 0.717) is 0 Å². The highest BCUT2D eigenvalue weighted by Gasteiger charge is 2.03. The molecule has 0 aliphatic carbocycles. The smallest absolute Gasteiger partial charge is 0.243 e. The second kappa shape index (κ2) is 6.74. The Labute approximate surface area is 132 Å². The zero-order chi connectivity index (χ0) is 14.5. The van der Waals surface area contributed by atoms with E-state index in [9.17, 15) is 4.79 Å². The van der Waals surface area contributed by atoms with Crippen LogP contribution in [0, 0.1) is 17.4 Å². The fourth-order valence-electron chi connectivity index (χ4n) is 1.77. The topological polar surface area (TPSA) is 41.1 Å². The molecule has 2 aromatic rings. The van der Waals surface area contributed by atoms with Crippen LogP contribution in [0.3, 0.4) is 0 Å². The molecular formula is C16H17IN2O. The maximum absolute atomic E-state index is 11.9. The summed E-state index contributed by atoms with van der Waals surface area (Å²) in [4.78, 5) is 11.9. The summed E-state index contributed by atoms with van der Waals surface area (Å²) in [7, 11) is 0. The minimum Gasteiger partial charge on any atom is -0.376 e. The lowest BCUT2D eigenvalue weighted by atomic mass is 10.1. The van der Waals surface area contributed by atoms with Gasteiger partial charge in [-0.25, -0.2) is 0 Å². The third-order valence-corrected chi connectivity index (χ3v) is 3.81. The summed E-state index contributed by atoms with van der Waals surface area (Å²) in [5.41, 5.74) is 4.18. The lowest BCUT2D eigenvalue weighted by Gasteiger charge is -2.09. The van der Waals surface area contributed by atoms with Crippen molar-refractivity contribution in [3.05, 3.63) is 57.2 Å². The van der Waals surface area contributed by atoms with E-state index in [1.807, 2.05) is 49.4 Å². The summed E-state index contributed by atoms with van der Waals surface area (Å²) in [5.74, 6) is -0.0493. The van der Waals surface area contributed by atoms with Gasteiger partial charge in [0.1, 0.15) is 0 Å². The van der Waals surface area contributed by atoms with Gasteiger partial charge in [-0.05, 0) is 84.0 Å². The Morgan fingerprint density at radius 2 is 1.65 bits per heavy atom. The Hall–Kier alpha value is -1.56. The highest BCUT2D eigenvalue weighted by atomic mass is 127. The van der Waals surface area contributed by atoms with E-state index < -0.39 is 0 Å². The zero-order valence-corrected chi connectivity index (χ0v) is 13.7. The molecule has 0 saturated carbocycles. The van der Waals surface area contributed by atoms with Gasteiger partial charge in [-0.15, -0.1) is 0 Å². The van der Waals surface area contributed by atoms with Gasteiger partial charge in [-0.3, -0.25) is 4.79 Å². The van der Waals surface area contributed by atoms with Crippen LogP contribution >= 0.6 is 22.6 Å². The Balaban J connectivity index is 1.89. The number of hydrogen-bond acceptors (Lipinski definition) is 2. The summed E-state index contributed by atoms with van der Waals surface area (Å²) >= 11 is 2.25. The molecule has 2 aromatic carbocycles. The zero-order valence-electron chi connectivity index (χ0n) is 11.5. The number of halogens is 1. The SMILES string of the molecule is Cc1ccc(NC(=O)CNc2ccc(I)cc2)cc1C. The van der Waals surface area contributed by atoms with Crippen LogP contribution in [0.4, 0.5) is 11.4 Å². The van der Waals surface area contributed by atoms with Crippen LogP contribution in [-0.4, -0.2) is 12.5 Å². The van der Waals surface area contributed by atoms with Gasteiger partial charge in [0.15, 0.2) is 0 Å². The fourth-order valence-corrected chi connectivity index (χ4v) is 2.13. The lowest BCUT2D eigenvalue weighted by molar-refractivity contribution is -0.114. The third kappa shape index (κ3) is 4.23. The summed E-state index contributed by atoms with van der Waals surface area (Å²) in [6.07, 6.45) is 0. The monoisotopic (exact) mass is 380 g/mol. The molecule has 1 amide bonds. The molecule has 0 spiro atoms. The highest BCUT2D eigenvalue weighted by molar-refractivity contribution is 14.1. The predicted octanol–water partition coefficient (Wildman–Crippen LogP) is 3.96. The van der Waals surface area contributed by atoms with Crippen LogP contribution in [0.5, 0.6) is 0 Å². The molecule has 0 unspecified atom stereocenters. The van der Waals surface area contributed by atoms with Crippen LogP contribution in [0.15, 0.2) is 42.5 Å². The summed E-state index contributed by atoms with van der Waals surface area (Å²) in [6.45, 7) is 4.35. The van der Waals surface area contributed by atoms with Crippen molar-refractivity contribution in [3.63, 3.8) is 0 Å². The average Bonchev–Trinajstić information content (AvgIpc) is 2.42. The molecule has 4 heteroatoms. The van der Waals surface area contributed by atoms with Crippen molar-refractivity contribution in [2.24, 2.45) is 0 Å². The van der Waals surface area contributed by atoms with E-state index in [0.717, 1.165) is 11.4 Å². The Morgan fingerprint density at radius 1 is 1.00 bits per heavy atom. The first-order valence-electron chi connectivity index (χ1n) is 6.41. The molecule has 0 radical (unpaired) electrons. The molecule has 2 rings (SSSR count). The number of benzene rings is 2. The maximum Gasteiger partial charge on any atom is 0.243 e. The molecule has 2 N–H and O–H groups in total. The van der Waals surface area contributed by atoms with E-state index >= 15 is 0 Å². The van der Waals surface area contributed by atoms with Crippen molar-refractivity contribution in [1.82, 2.24) is 0 Å². The molecule has 0 bridgehead atoms. The number of amides is 1. The Morgan fingerprint density at radius 3 is 2.30 bits per heavy atom. The normalized spacial score (nSPS) is 10.2. The standard InChI is InChI=1S/C16H17IN2O/c1-11-3-6-15(9-12(11)2)19-16(20)10-18-14-7-4-13(17)5-8-14/h3-9,18H,10H2,1-2H3,(H,19,20). The van der Waals surface area contributed by atoms with Gasteiger partial charge in [0.25, 0.3) is 0 Å². The summed E-state index contributed by atoms with van der Waals surface area (Å²) < 4.78 is 1.17. The van der Waals surface area contributed by atoms with Crippen molar-refractivity contribution < 1.29 is 4.79 Å². The van der Waals surface area contributed by atoms with Gasteiger partial charge in [-0.2, -0.15) is 0 Å². The molecular weight excluding hydrogens is 363 g/mol. The van der Waals surface area contributed by atoms with Gasteiger partial charge in [0.05, 0.1) is 6.54 Å². The van der Waals surface area contributed by atoms with Crippen LogP contribution in [0.1, 0.15) is 11.1 Å². The summed E-state index contributed by atoms with van der Waals surface area (Å²) in [5, 5.41) is 5.99. The minimum atomic E-state index is -0.0493. The van der Waals surface area contributed by atoms with Gasteiger partial charge < -0.3 is 10.6 Å². The minimum absolute atomic E-state index is 0.0493. The first-order chi connectivity index (χ1) is 9.54. The van der Waals surface area contributed by atoms with Crippen LogP contribution < -0.4 is 10.6 Å². The quantitative estimate of drug-likeness (QED) is 0.789. The Kier molecular flexibility index (Phi) is 5.00. The van der Waals surface area contributed by atoms with Crippen molar-refractivity contribution in [2.75, 3.05) is 17.2 Å². The van der Waals surface area contributed by atoms with Crippen molar-refractivity contribution in [1.29, 1.82) is 0 Å². The number of aryl methyl sites for hydroxylation is 2. The second-order valence-electron chi connectivity index (χ2n) is 4.71. The van der Waals surface area contributed by atoms with Crippen molar-refractivity contribution in [2.45, 2.75) is 13.8 Å². The third-order valence-electron chi connectivity index (χ3n) is 3.09. The van der Waals surface area contributed by atoms with Gasteiger partial charge in [0.2, 0.25) is 5.91 Å². The van der Waals surface area contributed by atoms with Gasteiger partial charge >= 0.3 is 0 Å². The largest absolute Gasteiger partial charge is 0.376 e. The number of anilines is 2. The van der Waals surface area contributed by atoms with Crippen molar-refractivity contribution >= 4 is 39.9 Å². The molecule has 104 valence electrons. The number of carbonyl (C=O) groups is 1. The molecule has 3 nitrogen and oxygen atoms in total. The molecule has 0 saturated heterocycles. The van der Waals surface area contributed by atoms with E-state index in [2.05, 4.69) is 40.1 Å². The number of carbonyl (C=O) groups excluding carboxylic acids is 1. The molecule has 0 fully saturated rings. The number of hydrogen-bond donors (Lipinski definition) is 2. The maximum atomic E-state index is 11.9. The lowest BCUT2D eigenvalue weighted by Crippen LogP contribution is -2.21. The predicted molar refractivity (Wildman–Crippen MR) is 92.2 cm³/mol. The highest BCUT2D eigenvalue weighted by Crippen LogP contribution is 2.14. The fraction of sp³-hybridized carbons (Fsp3) is 0.188. The van der Waals surface area contributed by atoms with E-state index in [1.54, 1.807) is 0 Å². The molecule has 0 heterocycles. The molecule has 20 heavy (non-hydrogen) atoms. The first-order valence-corrected chi connectivity index (χ1v) is 7.49. The molecule has 0 atom stereocenters. The van der Waals surface area contributed by atoms with Crippen LogP contribution in [0.25, 0.3) is 0 Å². The van der Waals surface area contributed by atoms with E-state index in [-0.39, 0.29) is 12.5 Å². The second-order valence-corrected chi connectivity index (χ2v) is 5.95. The molecule has 0 aromatic heterocycles. The van der Waals surface area contributed by atoms with Crippen LogP contribution in [-0.2, 0) is 4.79 Å². The van der Waals surface area contributed by atoms with Crippen molar-refractivity contribution in [3.8, 4) is 0 Å². The van der Waals surface area contributed by atoms with E-state index in [1.165, 1.54) is 14.7 Å². The first kappa shape index (κ1) is 14.8. The number of rotatable bonds is 4. The molecule has 0 aliphatic rings. The average molecular weight is 380 g/mol.